The lowest BCUT2D eigenvalue weighted by molar-refractivity contribution is -0.167. The number of halogens is 3. The van der Waals surface area contributed by atoms with Crippen LogP contribution in [0.1, 0.15) is 5.56 Å². The maximum Gasteiger partial charge on any atom is 0.471 e. The van der Waals surface area contributed by atoms with Crippen molar-refractivity contribution in [2.75, 3.05) is 17.2 Å². The number of aryl methyl sites for hydroxylation is 1. The minimum absolute atomic E-state index is 0.0395. The number of para-hydroxylation sites is 2. The molecule has 8 heteroatoms. The SMILES string of the molecule is Cc1ccc(OCC(=O)Nc2ccccc2NC(=O)C(F)(F)F)cc1. The van der Waals surface area contributed by atoms with Crippen molar-refractivity contribution in [3.05, 3.63) is 54.1 Å². The fourth-order valence-electron chi connectivity index (χ4n) is 1.86. The van der Waals surface area contributed by atoms with E-state index in [0.29, 0.717) is 5.75 Å². The van der Waals surface area contributed by atoms with Crippen LogP contribution in [0.4, 0.5) is 24.5 Å². The van der Waals surface area contributed by atoms with E-state index in [1.807, 2.05) is 19.1 Å². The number of rotatable bonds is 5. The largest absolute Gasteiger partial charge is 0.484 e. The highest BCUT2D eigenvalue weighted by molar-refractivity contribution is 6.01. The van der Waals surface area contributed by atoms with E-state index in [1.54, 1.807) is 17.4 Å². The fourth-order valence-corrected chi connectivity index (χ4v) is 1.86. The summed E-state index contributed by atoms with van der Waals surface area (Å²) in [6.07, 6.45) is -5.02. The number of ether oxygens (including phenoxy) is 1. The molecule has 0 aliphatic rings. The minimum Gasteiger partial charge on any atom is -0.484 e. The molecule has 5 nitrogen and oxygen atoms in total. The molecule has 0 saturated carbocycles. The van der Waals surface area contributed by atoms with Gasteiger partial charge in [-0.3, -0.25) is 9.59 Å². The van der Waals surface area contributed by atoms with Gasteiger partial charge in [-0.05, 0) is 31.2 Å². The van der Waals surface area contributed by atoms with Crippen molar-refractivity contribution in [3.63, 3.8) is 0 Å². The molecule has 2 N–H and O–H groups in total. The first-order chi connectivity index (χ1) is 11.8. The van der Waals surface area contributed by atoms with Crippen LogP contribution in [-0.2, 0) is 9.59 Å². The Balaban J connectivity index is 1.98. The van der Waals surface area contributed by atoms with Gasteiger partial charge in [-0.2, -0.15) is 13.2 Å². The smallest absolute Gasteiger partial charge is 0.471 e. The summed E-state index contributed by atoms with van der Waals surface area (Å²) in [4.78, 5) is 23.0. The normalized spacial score (nSPS) is 10.9. The Morgan fingerprint density at radius 1 is 0.960 bits per heavy atom. The maximum absolute atomic E-state index is 12.3. The number of amides is 2. The van der Waals surface area contributed by atoms with Crippen molar-refractivity contribution in [2.45, 2.75) is 13.1 Å². The van der Waals surface area contributed by atoms with E-state index in [4.69, 9.17) is 4.74 Å². The number of hydrogen-bond donors (Lipinski definition) is 2. The lowest BCUT2D eigenvalue weighted by Crippen LogP contribution is -2.30. The van der Waals surface area contributed by atoms with Crippen molar-refractivity contribution in [2.24, 2.45) is 0 Å². The summed E-state index contributed by atoms with van der Waals surface area (Å²) >= 11 is 0. The number of carbonyl (C=O) groups excluding carboxylic acids is 2. The molecule has 132 valence electrons. The van der Waals surface area contributed by atoms with Gasteiger partial charge in [0.15, 0.2) is 6.61 Å². The van der Waals surface area contributed by atoms with Gasteiger partial charge in [-0.25, -0.2) is 0 Å². The Morgan fingerprint density at radius 3 is 2.08 bits per heavy atom. The molecule has 0 unspecified atom stereocenters. The van der Waals surface area contributed by atoms with Gasteiger partial charge >= 0.3 is 12.1 Å². The van der Waals surface area contributed by atoms with Gasteiger partial charge in [0.25, 0.3) is 5.91 Å². The summed E-state index contributed by atoms with van der Waals surface area (Å²) < 4.78 is 42.3. The molecule has 0 saturated heterocycles. The number of carbonyl (C=O) groups is 2. The van der Waals surface area contributed by atoms with Crippen LogP contribution in [0.15, 0.2) is 48.5 Å². The predicted octanol–water partition coefficient (Wildman–Crippen LogP) is 3.51. The van der Waals surface area contributed by atoms with Crippen LogP contribution in [0, 0.1) is 6.92 Å². The Kier molecular flexibility index (Phi) is 5.63. The van der Waals surface area contributed by atoms with Crippen LogP contribution in [0.25, 0.3) is 0 Å². The third-order valence-electron chi connectivity index (χ3n) is 3.10. The van der Waals surface area contributed by atoms with Gasteiger partial charge in [0.1, 0.15) is 5.75 Å². The molecule has 0 bridgehead atoms. The van der Waals surface area contributed by atoms with Crippen molar-refractivity contribution in [3.8, 4) is 5.75 Å². The first-order valence-electron chi connectivity index (χ1n) is 7.22. The van der Waals surface area contributed by atoms with Crippen LogP contribution < -0.4 is 15.4 Å². The number of benzene rings is 2. The van der Waals surface area contributed by atoms with Crippen molar-refractivity contribution < 1.29 is 27.5 Å². The van der Waals surface area contributed by atoms with Crippen LogP contribution in [0.5, 0.6) is 5.75 Å². The lowest BCUT2D eigenvalue weighted by Gasteiger charge is -2.13. The molecule has 0 atom stereocenters. The van der Waals surface area contributed by atoms with Gasteiger partial charge in [0.2, 0.25) is 0 Å². The molecule has 0 fully saturated rings. The maximum atomic E-state index is 12.3. The monoisotopic (exact) mass is 352 g/mol. The van der Waals surface area contributed by atoms with E-state index in [2.05, 4.69) is 5.32 Å². The first kappa shape index (κ1) is 18.3. The second-order valence-electron chi connectivity index (χ2n) is 5.15. The minimum atomic E-state index is -5.02. The lowest BCUT2D eigenvalue weighted by atomic mass is 10.2. The highest BCUT2D eigenvalue weighted by Crippen LogP contribution is 2.24. The van der Waals surface area contributed by atoms with Crippen LogP contribution in [0.3, 0.4) is 0 Å². The summed E-state index contributed by atoms with van der Waals surface area (Å²) in [5.74, 6) is -2.21. The molecule has 2 amide bonds. The van der Waals surface area contributed by atoms with Crippen molar-refractivity contribution >= 4 is 23.2 Å². The second kappa shape index (κ2) is 7.69. The molecule has 0 aliphatic carbocycles. The molecule has 0 spiro atoms. The summed E-state index contributed by atoms with van der Waals surface area (Å²) in [6.45, 7) is 1.58. The van der Waals surface area contributed by atoms with Gasteiger partial charge in [0.05, 0.1) is 11.4 Å². The van der Waals surface area contributed by atoms with E-state index < -0.39 is 18.0 Å². The molecule has 0 radical (unpaired) electrons. The standard InChI is InChI=1S/C17H15F3N2O3/c1-11-6-8-12(9-7-11)25-10-15(23)21-13-4-2-3-5-14(13)22-16(24)17(18,19)20/h2-9H,10H2,1H3,(H,21,23)(H,22,24). The van der Waals surface area contributed by atoms with E-state index in [1.165, 1.54) is 24.3 Å². The topological polar surface area (TPSA) is 67.4 Å². The molecule has 0 aromatic heterocycles. The summed E-state index contributed by atoms with van der Waals surface area (Å²) in [7, 11) is 0. The number of anilines is 2. The average Bonchev–Trinajstić information content (AvgIpc) is 2.55. The zero-order valence-corrected chi connectivity index (χ0v) is 13.2. The average molecular weight is 352 g/mol. The van der Waals surface area contributed by atoms with E-state index in [-0.39, 0.29) is 18.0 Å². The van der Waals surface area contributed by atoms with Gasteiger partial charge in [-0.15, -0.1) is 0 Å². The molecule has 2 aromatic rings. The number of nitrogens with one attached hydrogen (secondary N) is 2. The number of hydrogen-bond acceptors (Lipinski definition) is 3. The summed E-state index contributed by atoms with van der Waals surface area (Å²) in [5.41, 5.74) is 0.914. The zero-order chi connectivity index (χ0) is 18.4. The van der Waals surface area contributed by atoms with Crippen LogP contribution in [0.2, 0.25) is 0 Å². The molecule has 0 heterocycles. The van der Waals surface area contributed by atoms with Gasteiger partial charge < -0.3 is 15.4 Å². The second-order valence-corrected chi connectivity index (χ2v) is 5.15. The summed E-state index contributed by atoms with van der Waals surface area (Å²) in [5, 5.41) is 4.12. The van der Waals surface area contributed by atoms with Crippen molar-refractivity contribution in [1.29, 1.82) is 0 Å². The van der Waals surface area contributed by atoms with Crippen LogP contribution in [-0.4, -0.2) is 24.6 Å². The van der Waals surface area contributed by atoms with E-state index >= 15 is 0 Å². The summed E-state index contributed by atoms with van der Waals surface area (Å²) in [6, 6.07) is 12.6. The van der Waals surface area contributed by atoms with E-state index in [9.17, 15) is 22.8 Å². The molecule has 2 rings (SSSR count). The molecular formula is C17H15F3N2O3. The number of alkyl halides is 3. The Bertz CT molecular complexity index is 758. The van der Waals surface area contributed by atoms with Crippen molar-refractivity contribution in [1.82, 2.24) is 0 Å². The zero-order valence-electron chi connectivity index (χ0n) is 13.2. The van der Waals surface area contributed by atoms with E-state index in [0.717, 1.165) is 5.56 Å². The fraction of sp³-hybridized carbons (Fsp3) is 0.176. The van der Waals surface area contributed by atoms with Crippen LogP contribution >= 0.6 is 0 Å². The highest BCUT2D eigenvalue weighted by Gasteiger charge is 2.39. The Labute approximate surface area is 141 Å². The third kappa shape index (κ3) is 5.52. The molecular weight excluding hydrogens is 337 g/mol. The molecule has 25 heavy (non-hydrogen) atoms. The quantitative estimate of drug-likeness (QED) is 0.865. The van der Waals surface area contributed by atoms with Gasteiger partial charge in [0, 0.05) is 0 Å². The Morgan fingerprint density at radius 2 is 1.52 bits per heavy atom. The first-order valence-corrected chi connectivity index (χ1v) is 7.22. The molecule has 0 aliphatic heterocycles. The molecule has 2 aromatic carbocycles. The predicted molar refractivity (Wildman–Crippen MR) is 86.4 cm³/mol. The Hall–Kier alpha value is -3.03. The highest BCUT2D eigenvalue weighted by atomic mass is 19.4. The third-order valence-corrected chi connectivity index (χ3v) is 3.10. The van der Waals surface area contributed by atoms with Gasteiger partial charge in [-0.1, -0.05) is 29.8 Å².